The van der Waals surface area contributed by atoms with E-state index in [1.54, 1.807) is 0 Å². The summed E-state index contributed by atoms with van der Waals surface area (Å²) in [5.41, 5.74) is 0.0354. The summed E-state index contributed by atoms with van der Waals surface area (Å²) in [6, 6.07) is -0.704. The van der Waals surface area contributed by atoms with E-state index in [4.69, 9.17) is 4.74 Å². The SMILES string of the molecule is COC(=O)CCC(=O)C(C)[C@@H]1CCCCCCCCCC(C)(C)[C@H](C)C(=O)N2CC3[C@@H]([C@H]2C(=O)C1)C3(C)C.C[C@@H]1C(=O)N2CC3[C@@H]([C@H]2C(=O)C[C@H](C=O)CCCCCCCCCC1(C)C)C3(C)C. The minimum absolute atomic E-state index is 0.0263. The van der Waals surface area contributed by atoms with Gasteiger partial charge in [0.2, 0.25) is 11.8 Å². The first-order valence-electron chi connectivity index (χ1n) is 27.6. The molecule has 2 amide bonds. The minimum Gasteiger partial charge on any atom is -0.469 e. The van der Waals surface area contributed by atoms with Crippen LogP contribution in [-0.2, 0) is 38.3 Å². The maximum absolute atomic E-state index is 14.1. The molecule has 68 heavy (non-hydrogen) atoms. The average molecular weight is 949 g/mol. The van der Waals surface area contributed by atoms with Crippen molar-refractivity contribution in [2.24, 2.45) is 74.9 Å². The molecule has 6 rings (SSSR count). The van der Waals surface area contributed by atoms with Crippen molar-refractivity contribution >= 4 is 41.4 Å². The number of aldehydes is 1. The molecular formula is C58H96N2O8. The fourth-order valence-corrected chi connectivity index (χ4v) is 13.4. The van der Waals surface area contributed by atoms with Crippen LogP contribution in [0.3, 0.4) is 0 Å². The van der Waals surface area contributed by atoms with Crippen LogP contribution in [0.2, 0.25) is 0 Å². The van der Waals surface area contributed by atoms with E-state index in [1.165, 1.54) is 64.9 Å². The standard InChI is InChI=1S/C32H53NO5.C26H43NO3/c1-21(25(34)16-17-27(36)38-7)23-15-13-11-9-8-10-12-14-18-31(3,4)22(2)30(37)33-20-24-28(32(24,5)6)29(33)26(35)19-23;1-18-24(30)27-16-20-22(26(20,4)5)23(27)21(29)15-19(17-28)13-11-9-7-6-8-10-12-14-25(18,2)3/h21-24,28-29H,8-20H2,1-7H3;17-20,22-23H,6-16H2,1-5H3/t21?,22-,23-,24?,28+,29-;18-,19-,20?,22+,23-/m11/s1. The lowest BCUT2D eigenvalue weighted by molar-refractivity contribution is -0.146. The van der Waals surface area contributed by atoms with E-state index < -0.39 is 0 Å². The third-order valence-corrected chi connectivity index (χ3v) is 19.7. The largest absolute Gasteiger partial charge is 0.469 e. The summed E-state index contributed by atoms with van der Waals surface area (Å²) < 4.78 is 4.72. The Labute approximate surface area is 412 Å². The molecule has 10 heteroatoms. The van der Waals surface area contributed by atoms with E-state index in [9.17, 15) is 33.6 Å². The zero-order valence-corrected chi connectivity index (χ0v) is 45.1. The van der Waals surface area contributed by atoms with Crippen LogP contribution in [0.1, 0.15) is 217 Å². The lowest BCUT2D eigenvalue weighted by Crippen LogP contribution is -2.50. The molecule has 6 aliphatic rings. The Balaban J connectivity index is 0.000000261. The average Bonchev–Trinajstić information content (AvgIpc) is 3.74. The Morgan fingerprint density at radius 3 is 1.43 bits per heavy atom. The number of carbonyl (C=O) groups excluding carboxylic acids is 7. The number of fused-ring (bicyclic) bond motifs is 6. The minimum atomic E-state index is -0.380. The van der Waals surface area contributed by atoms with Crippen LogP contribution in [0.4, 0.5) is 0 Å². The predicted octanol–water partition coefficient (Wildman–Crippen LogP) is 11.8. The number of carbonyl (C=O) groups is 7. The third kappa shape index (κ3) is 13.1. The molecule has 4 saturated heterocycles. The van der Waals surface area contributed by atoms with Crippen molar-refractivity contribution in [1.82, 2.24) is 9.80 Å². The second kappa shape index (κ2) is 23.5. The van der Waals surface area contributed by atoms with E-state index in [1.807, 2.05) is 16.7 Å². The van der Waals surface area contributed by atoms with Gasteiger partial charge in [-0.1, -0.05) is 166 Å². The molecule has 4 aliphatic heterocycles. The fraction of sp³-hybridized carbons (Fsp3) is 0.879. The lowest BCUT2D eigenvalue weighted by Gasteiger charge is -2.38. The first-order valence-corrected chi connectivity index (χ1v) is 27.6. The number of amides is 2. The topological polar surface area (TPSA) is 135 Å². The van der Waals surface area contributed by atoms with Crippen molar-refractivity contribution in [3.8, 4) is 0 Å². The molecule has 4 heterocycles. The Kier molecular flexibility index (Phi) is 19.4. The van der Waals surface area contributed by atoms with Crippen LogP contribution in [0.15, 0.2) is 0 Å². The van der Waals surface area contributed by atoms with Gasteiger partial charge in [-0.2, -0.15) is 0 Å². The predicted molar refractivity (Wildman–Crippen MR) is 269 cm³/mol. The van der Waals surface area contributed by atoms with Gasteiger partial charge in [-0.25, -0.2) is 0 Å². The van der Waals surface area contributed by atoms with Crippen LogP contribution in [0.25, 0.3) is 0 Å². The molecule has 0 bridgehead atoms. The highest BCUT2D eigenvalue weighted by molar-refractivity contribution is 5.94. The summed E-state index contributed by atoms with van der Waals surface area (Å²) in [5, 5.41) is 0. The molecular weight excluding hydrogens is 853 g/mol. The summed E-state index contributed by atoms with van der Waals surface area (Å²) >= 11 is 0. The summed E-state index contributed by atoms with van der Waals surface area (Å²) in [4.78, 5) is 95.1. The molecule has 3 unspecified atom stereocenters. The molecule has 0 aromatic rings. The number of nitrogens with zero attached hydrogens (tertiary/aromatic N) is 2. The third-order valence-electron chi connectivity index (χ3n) is 19.7. The molecule has 0 aromatic carbocycles. The number of Topliss-reactive ketones (excluding diaryl/α,β-unsaturated/α-hetero) is 3. The molecule has 0 spiro atoms. The number of hydrogen-bond donors (Lipinski definition) is 0. The number of rotatable bonds is 6. The second-order valence-corrected chi connectivity index (χ2v) is 25.6. The van der Waals surface area contributed by atoms with Crippen molar-refractivity contribution in [3.05, 3.63) is 0 Å². The molecule has 2 saturated carbocycles. The van der Waals surface area contributed by atoms with Gasteiger partial charge in [0.15, 0.2) is 11.6 Å². The number of piperidine rings is 2. The molecule has 10 nitrogen and oxygen atoms in total. The van der Waals surface area contributed by atoms with Crippen molar-refractivity contribution in [3.63, 3.8) is 0 Å². The lowest BCUT2D eigenvalue weighted by atomic mass is 9.75. The highest BCUT2D eigenvalue weighted by Gasteiger charge is 2.70. The first-order chi connectivity index (χ1) is 31.9. The molecule has 386 valence electrons. The number of methoxy groups -OCH3 is 1. The maximum atomic E-state index is 14.1. The quantitative estimate of drug-likeness (QED) is 0.190. The van der Waals surface area contributed by atoms with Gasteiger partial charge in [0.25, 0.3) is 0 Å². The Hall–Kier alpha value is -2.91. The molecule has 2 aliphatic carbocycles. The number of ether oxygens (including phenoxy) is 1. The van der Waals surface area contributed by atoms with Gasteiger partial charge in [0.05, 0.1) is 25.6 Å². The zero-order chi connectivity index (χ0) is 50.4. The molecule has 0 N–H and O–H groups in total. The van der Waals surface area contributed by atoms with E-state index in [0.29, 0.717) is 37.8 Å². The highest BCUT2D eigenvalue weighted by atomic mass is 16.5. The van der Waals surface area contributed by atoms with Gasteiger partial charge >= 0.3 is 5.97 Å². The van der Waals surface area contributed by atoms with Gasteiger partial charge in [0, 0.05) is 56.0 Å². The zero-order valence-electron chi connectivity index (χ0n) is 45.1. The van der Waals surface area contributed by atoms with Crippen LogP contribution in [0.5, 0.6) is 0 Å². The summed E-state index contributed by atoms with van der Waals surface area (Å²) in [6.07, 6.45) is 21.9. The number of esters is 1. The summed E-state index contributed by atoms with van der Waals surface area (Å²) in [6.45, 7) is 25.2. The van der Waals surface area contributed by atoms with Crippen molar-refractivity contribution in [2.75, 3.05) is 20.2 Å². The van der Waals surface area contributed by atoms with Gasteiger partial charge in [0.1, 0.15) is 12.1 Å². The van der Waals surface area contributed by atoms with Crippen molar-refractivity contribution < 1.29 is 38.3 Å². The highest BCUT2D eigenvalue weighted by Crippen LogP contribution is 2.66. The monoisotopic (exact) mass is 949 g/mol. The Morgan fingerprint density at radius 2 is 1.00 bits per heavy atom. The Bertz CT molecular complexity index is 1780. The van der Waals surface area contributed by atoms with Crippen LogP contribution in [-0.4, -0.2) is 83.5 Å². The molecule has 6 fully saturated rings. The van der Waals surface area contributed by atoms with Crippen molar-refractivity contribution in [1.29, 1.82) is 0 Å². The van der Waals surface area contributed by atoms with Gasteiger partial charge in [-0.3, -0.25) is 28.8 Å². The van der Waals surface area contributed by atoms with Gasteiger partial charge < -0.3 is 19.3 Å². The first kappa shape index (κ1) is 56.0. The van der Waals surface area contributed by atoms with E-state index in [-0.39, 0.29) is 123 Å². The maximum Gasteiger partial charge on any atom is 0.305 e. The van der Waals surface area contributed by atoms with Gasteiger partial charge in [-0.15, -0.1) is 0 Å². The second-order valence-electron chi connectivity index (χ2n) is 25.6. The normalized spacial score (nSPS) is 35.1. The van der Waals surface area contributed by atoms with E-state index in [2.05, 4.69) is 69.2 Å². The molecule has 0 radical (unpaired) electrons. The summed E-state index contributed by atoms with van der Waals surface area (Å²) in [7, 11) is 1.34. The van der Waals surface area contributed by atoms with Crippen LogP contribution < -0.4 is 0 Å². The summed E-state index contributed by atoms with van der Waals surface area (Å²) in [5.74, 6) is 0.657. The molecule has 11 atom stereocenters. The van der Waals surface area contributed by atoms with Gasteiger partial charge in [-0.05, 0) is 76.9 Å². The van der Waals surface area contributed by atoms with Crippen LogP contribution >= 0.6 is 0 Å². The van der Waals surface area contributed by atoms with Crippen molar-refractivity contribution in [2.45, 2.75) is 230 Å². The van der Waals surface area contributed by atoms with Crippen LogP contribution in [0, 0.1) is 74.9 Å². The smallest absolute Gasteiger partial charge is 0.305 e. The van der Waals surface area contributed by atoms with E-state index >= 15 is 0 Å². The fourth-order valence-electron chi connectivity index (χ4n) is 13.4. The molecule has 0 aromatic heterocycles. The number of ketones is 3. The Morgan fingerprint density at radius 1 is 0.603 bits per heavy atom. The number of hydrogen-bond acceptors (Lipinski definition) is 8. The van der Waals surface area contributed by atoms with E-state index in [0.717, 1.165) is 64.1 Å².